The average Bonchev–Trinajstić information content (AvgIpc) is 2.84. The Hall–Kier alpha value is -1.59. The van der Waals surface area contributed by atoms with Crippen LogP contribution in [0.3, 0.4) is 0 Å². The van der Waals surface area contributed by atoms with Gasteiger partial charge < -0.3 is 15.3 Å². The molecule has 0 spiro atoms. The Morgan fingerprint density at radius 3 is 2.60 bits per heavy atom. The molecule has 0 saturated carbocycles. The molecule has 1 unspecified atom stereocenters. The van der Waals surface area contributed by atoms with Gasteiger partial charge in [0.15, 0.2) is 0 Å². The maximum atomic E-state index is 12.4. The zero-order valence-electron chi connectivity index (χ0n) is 12.0. The summed E-state index contributed by atoms with van der Waals surface area (Å²) in [5.41, 5.74) is -0.835. The smallest absolute Gasteiger partial charge is 0.309 e. The molecule has 0 bridgehead atoms. The number of piperidine rings is 1. The molecule has 2 aliphatic heterocycles. The highest BCUT2D eigenvalue weighted by molar-refractivity contribution is 5.90. The predicted molar refractivity (Wildman–Crippen MR) is 71.9 cm³/mol. The summed E-state index contributed by atoms with van der Waals surface area (Å²) in [5.74, 6) is -1.02. The summed E-state index contributed by atoms with van der Waals surface area (Å²) in [6.07, 6.45) is 2.57. The van der Waals surface area contributed by atoms with Gasteiger partial charge in [0.25, 0.3) is 0 Å². The molecule has 2 fully saturated rings. The average molecular weight is 282 g/mol. The summed E-state index contributed by atoms with van der Waals surface area (Å²) in [6, 6.07) is -0.422. The van der Waals surface area contributed by atoms with Gasteiger partial charge in [-0.1, -0.05) is 0 Å². The van der Waals surface area contributed by atoms with E-state index in [1.54, 1.807) is 18.7 Å². The Morgan fingerprint density at radius 1 is 1.35 bits per heavy atom. The number of likely N-dealkylation sites (tertiary alicyclic amines) is 1. The van der Waals surface area contributed by atoms with E-state index in [2.05, 4.69) is 5.32 Å². The fourth-order valence-corrected chi connectivity index (χ4v) is 2.96. The molecule has 2 atom stereocenters. The summed E-state index contributed by atoms with van der Waals surface area (Å²) in [4.78, 5) is 36.6. The van der Waals surface area contributed by atoms with Crippen LogP contribution in [0.15, 0.2) is 0 Å². The van der Waals surface area contributed by atoms with Crippen molar-refractivity contribution in [2.75, 3.05) is 13.1 Å². The quantitative estimate of drug-likeness (QED) is 0.794. The summed E-state index contributed by atoms with van der Waals surface area (Å²) < 4.78 is 0. The van der Waals surface area contributed by atoms with E-state index in [9.17, 15) is 19.5 Å². The van der Waals surface area contributed by atoms with Gasteiger partial charge in [-0.25, -0.2) is 0 Å². The molecule has 0 aromatic heterocycles. The van der Waals surface area contributed by atoms with Gasteiger partial charge in [-0.05, 0) is 39.0 Å². The minimum Gasteiger partial charge on any atom is -0.481 e. The van der Waals surface area contributed by atoms with Crippen molar-refractivity contribution < 1.29 is 19.5 Å². The van der Waals surface area contributed by atoms with Crippen LogP contribution in [0.2, 0.25) is 0 Å². The van der Waals surface area contributed by atoms with Crippen molar-refractivity contribution in [2.24, 2.45) is 11.3 Å². The molecular formula is C14H22N2O4. The van der Waals surface area contributed by atoms with Crippen molar-refractivity contribution in [2.45, 2.75) is 45.6 Å². The highest BCUT2D eigenvalue weighted by Crippen LogP contribution is 2.34. The van der Waals surface area contributed by atoms with Crippen molar-refractivity contribution in [3.8, 4) is 0 Å². The van der Waals surface area contributed by atoms with E-state index < -0.39 is 17.4 Å². The molecule has 6 heteroatoms. The molecule has 2 heterocycles. The van der Waals surface area contributed by atoms with E-state index in [1.807, 2.05) is 0 Å². The Labute approximate surface area is 118 Å². The van der Waals surface area contributed by atoms with Gasteiger partial charge in [0, 0.05) is 19.5 Å². The van der Waals surface area contributed by atoms with Crippen molar-refractivity contribution in [1.82, 2.24) is 10.2 Å². The summed E-state index contributed by atoms with van der Waals surface area (Å²) >= 11 is 0. The Bertz CT molecular complexity index is 433. The zero-order chi connectivity index (χ0) is 14.9. The fraction of sp³-hybridized carbons (Fsp3) is 0.786. The van der Waals surface area contributed by atoms with Gasteiger partial charge in [-0.2, -0.15) is 0 Å². The predicted octanol–water partition coefficient (Wildman–Crippen LogP) is 0.614. The Balaban J connectivity index is 2.02. The lowest BCUT2D eigenvalue weighted by Crippen LogP contribution is -2.51. The van der Waals surface area contributed by atoms with Crippen LogP contribution in [-0.2, 0) is 14.4 Å². The molecule has 20 heavy (non-hydrogen) atoms. The number of aliphatic carboxylic acids is 1. The monoisotopic (exact) mass is 282 g/mol. The number of hydrogen-bond acceptors (Lipinski definition) is 3. The molecule has 0 radical (unpaired) electrons. The van der Waals surface area contributed by atoms with E-state index >= 15 is 0 Å². The molecule has 2 amide bonds. The van der Waals surface area contributed by atoms with Gasteiger partial charge in [0.2, 0.25) is 11.8 Å². The Kier molecular flexibility index (Phi) is 4.01. The highest BCUT2D eigenvalue weighted by Gasteiger charge is 2.41. The second-order valence-electron chi connectivity index (χ2n) is 6.31. The number of carboxylic acids is 1. The molecule has 6 nitrogen and oxygen atoms in total. The van der Waals surface area contributed by atoms with Crippen LogP contribution in [0.4, 0.5) is 0 Å². The zero-order valence-corrected chi connectivity index (χ0v) is 12.0. The van der Waals surface area contributed by atoms with Crippen LogP contribution in [-0.4, -0.2) is 46.9 Å². The maximum Gasteiger partial charge on any atom is 0.309 e. The number of carbonyl (C=O) groups is 3. The molecule has 2 saturated heterocycles. The summed E-state index contributed by atoms with van der Waals surface area (Å²) in [5, 5.41) is 12.0. The third-order valence-electron chi connectivity index (χ3n) is 4.60. The third kappa shape index (κ3) is 2.78. The molecule has 2 rings (SSSR count). The van der Waals surface area contributed by atoms with Crippen molar-refractivity contribution >= 4 is 17.8 Å². The number of nitrogens with one attached hydrogen (secondary N) is 1. The normalized spacial score (nSPS) is 27.3. The number of nitrogens with zero attached hydrogens (tertiary/aromatic N) is 1. The largest absolute Gasteiger partial charge is 0.481 e. The van der Waals surface area contributed by atoms with Crippen molar-refractivity contribution in [3.05, 3.63) is 0 Å². The minimum absolute atomic E-state index is 0.0465. The fourth-order valence-electron chi connectivity index (χ4n) is 2.96. The topological polar surface area (TPSA) is 86.7 Å². The number of hydrogen-bond donors (Lipinski definition) is 2. The second kappa shape index (κ2) is 5.42. The molecule has 0 aliphatic carbocycles. The van der Waals surface area contributed by atoms with Crippen LogP contribution >= 0.6 is 0 Å². The molecule has 112 valence electrons. The number of amides is 2. The molecule has 2 aliphatic rings. The van der Waals surface area contributed by atoms with Crippen molar-refractivity contribution in [3.63, 3.8) is 0 Å². The van der Waals surface area contributed by atoms with Crippen molar-refractivity contribution in [1.29, 1.82) is 0 Å². The van der Waals surface area contributed by atoms with E-state index in [4.69, 9.17) is 0 Å². The lowest BCUT2D eigenvalue weighted by molar-refractivity contribution is -0.153. The van der Waals surface area contributed by atoms with Crippen LogP contribution in [0.1, 0.15) is 39.5 Å². The summed E-state index contributed by atoms with van der Waals surface area (Å²) in [6.45, 7) is 4.54. The van der Waals surface area contributed by atoms with Gasteiger partial charge in [0.1, 0.15) is 6.04 Å². The second-order valence-corrected chi connectivity index (χ2v) is 6.31. The standard InChI is InChI=1S/C14H22N2O4/c1-14(2,13(19)20)9-4-3-7-16(8-9)12(18)10-5-6-11(17)15-10/h9-10H,3-8H2,1-2H3,(H,15,17)(H,19,20)/t9?,10-/m0/s1. The van der Waals surface area contributed by atoms with Gasteiger partial charge in [0.05, 0.1) is 5.41 Å². The maximum absolute atomic E-state index is 12.4. The first-order chi connectivity index (χ1) is 9.32. The highest BCUT2D eigenvalue weighted by atomic mass is 16.4. The lowest BCUT2D eigenvalue weighted by atomic mass is 9.74. The molecule has 0 aromatic carbocycles. The molecule has 0 aromatic rings. The first kappa shape index (κ1) is 14.8. The van der Waals surface area contributed by atoms with Gasteiger partial charge in [-0.3, -0.25) is 14.4 Å². The lowest BCUT2D eigenvalue weighted by Gasteiger charge is -2.40. The minimum atomic E-state index is -0.835. The SMILES string of the molecule is CC(C)(C(=O)O)C1CCCN(C(=O)[C@@H]2CCC(=O)N2)C1. The number of carbonyl (C=O) groups excluding carboxylic acids is 2. The van der Waals surface area contributed by atoms with E-state index in [-0.39, 0.29) is 17.7 Å². The summed E-state index contributed by atoms with van der Waals surface area (Å²) in [7, 11) is 0. The first-order valence-electron chi connectivity index (χ1n) is 7.14. The first-order valence-corrected chi connectivity index (χ1v) is 7.14. The van der Waals surface area contributed by atoms with Crippen LogP contribution in [0, 0.1) is 11.3 Å². The van der Waals surface area contributed by atoms with E-state index in [1.165, 1.54) is 0 Å². The number of rotatable bonds is 3. The van der Waals surface area contributed by atoms with E-state index in [0.29, 0.717) is 25.9 Å². The van der Waals surface area contributed by atoms with Crippen LogP contribution in [0.5, 0.6) is 0 Å². The molecular weight excluding hydrogens is 260 g/mol. The van der Waals surface area contributed by atoms with E-state index in [0.717, 1.165) is 12.8 Å². The molecule has 2 N–H and O–H groups in total. The Morgan fingerprint density at radius 2 is 2.05 bits per heavy atom. The third-order valence-corrected chi connectivity index (χ3v) is 4.60. The van der Waals surface area contributed by atoms with Crippen LogP contribution < -0.4 is 5.32 Å². The number of carboxylic acid groups (broad SMARTS) is 1. The van der Waals surface area contributed by atoms with Crippen LogP contribution in [0.25, 0.3) is 0 Å². The van der Waals surface area contributed by atoms with Gasteiger partial charge >= 0.3 is 5.97 Å². The van der Waals surface area contributed by atoms with Gasteiger partial charge in [-0.15, -0.1) is 0 Å².